The summed E-state index contributed by atoms with van der Waals surface area (Å²) in [6, 6.07) is 0. The van der Waals surface area contributed by atoms with Crippen LogP contribution in [0.5, 0.6) is 0 Å². The zero-order chi connectivity index (χ0) is 22.9. The number of ether oxygens (including phenoxy) is 3. The van der Waals surface area contributed by atoms with Gasteiger partial charge in [-0.25, -0.2) is 0 Å². The van der Waals surface area contributed by atoms with Crippen molar-refractivity contribution >= 4 is 17.0 Å². The number of nitrogens with zero attached hydrogens (tertiary/aromatic N) is 1. The third-order valence-corrected chi connectivity index (χ3v) is 11.6. The fourth-order valence-electron chi connectivity index (χ4n) is 8.51. The number of hydrogen-bond donors (Lipinski definition) is 0. The smallest absolute Gasteiger partial charge is 0.281 e. The minimum atomic E-state index is -0.116. The second-order valence-corrected chi connectivity index (χ2v) is 12.9. The third-order valence-electron chi connectivity index (χ3n) is 10.2. The van der Waals surface area contributed by atoms with Gasteiger partial charge in [0.15, 0.2) is 0 Å². The van der Waals surface area contributed by atoms with E-state index in [1.807, 2.05) is 14.1 Å². The molecule has 4 aliphatic carbocycles. The molecule has 32 heavy (non-hydrogen) atoms. The van der Waals surface area contributed by atoms with E-state index in [0.29, 0.717) is 30.1 Å². The van der Waals surface area contributed by atoms with Gasteiger partial charge in [-0.05, 0) is 75.0 Å². The summed E-state index contributed by atoms with van der Waals surface area (Å²) in [5, 5.41) is 0.445. The number of rotatable bonds is 4. The molecule has 1 saturated heterocycles. The minimum absolute atomic E-state index is 0.116. The molecule has 1 amide bonds. The molecule has 180 valence electrons. The molecule has 1 spiro atoms. The summed E-state index contributed by atoms with van der Waals surface area (Å²) in [5.74, 6) is 2.08. The summed E-state index contributed by atoms with van der Waals surface area (Å²) in [7, 11) is 5.42. The molecule has 0 N–H and O–H groups in total. The largest absolute Gasteiger partial charge is 0.365 e. The van der Waals surface area contributed by atoms with E-state index in [1.165, 1.54) is 25.7 Å². The zero-order valence-electron chi connectivity index (χ0n) is 20.7. The van der Waals surface area contributed by atoms with Gasteiger partial charge in [-0.1, -0.05) is 37.3 Å². The average Bonchev–Trinajstić information content (AvgIpc) is 3.38. The van der Waals surface area contributed by atoms with Gasteiger partial charge in [0.1, 0.15) is 12.4 Å². The van der Waals surface area contributed by atoms with Crippen molar-refractivity contribution in [1.29, 1.82) is 0 Å². The van der Waals surface area contributed by atoms with Gasteiger partial charge in [0.2, 0.25) is 0 Å². The number of carbonyl (C=O) groups excluding carboxylic acids is 1. The number of fused-ring (bicyclic) bond motifs is 6. The molecule has 3 saturated carbocycles. The van der Waals surface area contributed by atoms with Gasteiger partial charge in [0.05, 0.1) is 12.2 Å². The lowest BCUT2D eigenvalue weighted by Gasteiger charge is -2.58. The second kappa shape index (κ2) is 8.00. The summed E-state index contributed by atoms with van der Waals surface area (Å²) in [6.07, 6.45) is 11.3. The Morgan fingerprint density at radius 2 is 2.00 bits per heavy atom. The molecule has 5 rings (SSSR count). The normalized spacial score (nSPS) is 49.1. The molecule has 1 heterocycles. The van der Waals surface area contributed by atoms with Crippen LogP contribution >= 0.6 is 11.8 Å². The lowest BCUT2D eigenvalue weighted by atomic mass is 9.47. The van der Waals surface area contributed by atoms with E-state index in [2.05, 4.69) is 26.8 Å². The lowest BCUT2D eigenvalue weighted by molar-refractivity contribution is -0.0981. The van der Waals surface area contributed by atoms with Gasteiger partial charge in [-0.3, -0.25) is 4.79 Å². The predicted molar refractivity (Wildman–Crippen MR) is 128 cm³/mol. The molecule has 6 heteroatoms. The maximum atomic E-state index is 12.7. The van der Waals surface area contributed by atoms with E-state index < -0.39 is 0 Å². The Morgan fingerprint density at radius 3 is 2.66 bits per heavy atom. The summed E-state index contributed by atoms with van der Waals surface area (Å²) in [6.45, 7) is 7.66. The Hall–Kier alpha value is -0.560. The van der Waals surface area contributed by atoms with Crippen LogP contribution in [-0.4, -0.2) is 61.2 Å². The maximum absolute atomic E-state index is 12.7. The SMILES string of the molecule is COCO[C@H]1CC[C@@]2(C)C(=CC[C@@H]3[C@@H]2CC[C@@]2(C)[C@H]3C[C@H](SC(=O)N(C)C)[C@@]23O[C@H]3C)C1. The van der Waals surface area contributed by atoms with Crippen LogP contribution in [0, 0.1) is 28.6 Å². The first kappa shape index (κ1) is 23.2. The van der Waals surface area contributed by atoms with Crippen molar-refractivity contribution in [3.05, 3.63) is 11.6 Å². The number of hydrogen-bond acceptors (Lipinski definition) is 5. The summed E-state index contributed by atoms with van der Waals surface area (Å²) in [5.41, 5.74) is 1.99. The fourth-order valence-corrected chi connectivity index (χ4v) is 9.95. The standard InChI is InChI=1S/C26H41NO4S/c1-16-26(31-16)22(32-23(28)27(4)5)14-21-19-8-7-17-13-18(30-15-29-6)9-11-24(17,2)20(19)10-12-25(21,26)3/h7,16,18-22H,8-15H2,1-6H3/t16-,18-,19+,20-,21-,22-,24-,25-,26+/m0/s1. The van der Waals surface area contributed by atoms with Crippen LogP contribution in [0.25, 0.3) is 0 Å². The number of allylic oxidation sites excluding steroid dienone is 1. The maximum Gasteiger partial charge on any atom is 0.281 e. The van der Waals surface area contributed by atoms with Crippen LogP contribution in [0.15, 0.2) is 11.6 Å². The van der Waals surface area contributed by atoms with Gasteiger partial charge in [-0.2, -0.15) is 0 Å². The molecule has 0 aromatic rings. The molecule has 0 unspecified atom stereocenters. The number of thioether (sulfide) groups is 1. The second-order valence-electron chi connectivity index (χ2n) is 11.7. The Labute approximate surface area is 198 Å². The Morgan fingerprint density at radius 1 is 1.25 bits per heavy atom. The predicted octanol–water partition coefficient (Wildman–Crippen LogP) is 5.49. The van der Waals surface area contributed by atoms with E-state index in [1.54, 1.807) is 29.3 Å². The molecule has 0 bridgehead atoms. The van der Waals surface area contributed by atoms with E-state index in [-0.39, 0.29) is 27.6 Å². The highest BCUT2D eigenvalue weighted by atomic mass is 32.2. The van der Waals surface area contributed by atoms with E-state index in [4.69, 9.17) is 14.2 Å². The van der Waals surface area contributed by atoms with Crippen LogP contribution in [0.1, 0.15) is 65.7 Å². The van der Waals surface area contributed by atoms with Crippen molar-refractivity contribution < 1.29 is 19.0 Å². The number of carbonyl (C=O) groups is 1. The molecule has 0 aromatic carbocycles. The first-order chi connectivity index (χ1) is 15.2. The summed E-state index contributed by atoms with van der Waals surface area (Å²) < 4.78 is 17.6. The highest BCUT2D eigenvalue weighted by Crippen LogP contribution is 2.74. The highest BCUT2D eigenvalue weighted by molar-refractivity contribution is 8.14. The van der Waals surface area contributed by atoms with Crippen molar-refractivity contribution in [1.82, 2.24) is 4.90 Å². The van der Waals surface area contributed by atoms with E-state index in [0.717, 1.165) is 25.2 Å². The van der Waals surface area contributed by atoms with Gasteiger partial charge in [0.25, 0.3) is 5.24 Å². The van der Waals surface area contributed by atoms with Gasteiger partial charge >= 0.3 is 0 Å². The zero-order valence-corrected chi connectivity index (χ0v) is 21.5. The lowest BCUT2D eigenvalue weighted by Crippen LogP contribution is -2.52. The first-order valence-electron chi connectivity index (χ1n) is 12.5. The molecule has 0 aromatic heterocycles. The summed E-state index contributed by atoms with van der Waals surface area (Å²) >= 11 is 1.54. The molecule has 5 nitrogen and oxygen atoms in total. The molecule has 1 aliphatic heterocycles. The summed E-state index contributed by atoms with van der Waals surface area (Å²) in [4.78, 5) is 14.4. The van der Waals surface area contributed by atoms with E-state index >= 15 is 0 Å². The number of amides is 1. The highest BCUT2D eigenvalue weighted by Gasteiger charge is 2.77. The Balaban J connectivity index is 1.40. The van der Waals surface area contributed by atoms with Crippen LogP contribution in [0.3, 0.4) is 0 Å². The molecule has 4 fully saturated rings. The van der Waals surface area contributed by atoms with Crippen LogP contribution < -0.4 is 0 Å². The van der Waals surface area contributed by atoms with Gasteiger partial charge in [0, 0.05) is 31.9 Å². The first-order valence-corrected chi connectivity index (χ1v) is 13.4. The molecule has 9 atom stereocenters. The Bertz CT molecular complexity index is 801. The number of methoxy groups -OCH3 is 1. The molecule has 5 aliphatic rings. The quantitative estimate of drug-likeness (QED) is 0.313. The van der Waals surface area contributed by atoms with Crippen molar-refractivity contribution in [3.8, 4) is 0 Å². The van der Waals surface area contributed by atoms with Crippen molar-refractivity contribution in [2.45, 2.75) is 88.8 Å². The van der Waals surface area contributed by atoms with E-state index in [9.17, 15) is 4.79 Å². The minimum Gasteiger partial charge on any atom is -0.365 e. The molecular formula is C26H41NO4S. The van der Waals surface area contributed by atoms with Crippen LogP contribution in [0.4, 0.5) is 4.79 Å². The van der Waals surface area contributed by atoms with Crippen molar-refractivity contribution in [3.63, 3.8) is 0 Å². The fraction of sp³-hybridized carbons (Fsp3) is 0.885. The van der Waals surface area contributed by atoms with Crippen molar-refractivity contribution in [2.24, 2.45) is 28.6 Å². The Kier molecular flexibility index (Phi) is 5.80. The van der Waals surface area contributed by atoms with Crippen LogP contribution in [0.2, 0.25) is 0 Å². The topological polar surface area (TPSA) is 51.3 Å². The number of epoxide rings is 1. The van der Waals surface area contributed by atoms with Gasteiger partial charge in [-0.15, -0.1) is 0 Å². The average molecular weight is 464 g/mol. The van der Waals surface area contributed by atoms with Crippen molar-refractivity contribution in [2.75, 3.05) is 28.0 Å². The monoisotopic (exact) mass is 463 g/mol. The van der Waals surface area contributed by atoms with Crippen LogP contribution in [-0.2, 0) is 14.2 Å². The molecular weight excluding hydrogens is 422 g/mol. The molecule has 0 radical (unpaired) electrons. The third kappa shape index (κ3) is 3.19. The van der Waals surface area contributed by atoms with Gasteiger partial charge < -0.3 is 19.1 Å².